The first kappa shape index (κ1) is 13.7. The summed E-state index contributed by atoms with van der Waals surface area (Å²) in [5.74, 6) is 2.95. The van der Waals surface area contributed by atoms with Gasteiger partial charge < -0.3 is 14.9 Å². The van der Waals surface area contributed by atoms with Crippen molar-refractivity contribution < 1.29 is 9.15 Å². The van der Waals surface area contributed by atoms with E-state index >= 15 is 0 Å². The van der Waals surface area contributed by atoms with Gasteiger partial charge in [-0.1, -0.05) is 11.8 Å². The SMILES string of the molecule is NCc1nnc(SC2CCOC3(CCSCC3)C2)o1. The Hall–Kier alpha value is -0.240. The molecule has 0 aliphatic carbocycles. The Labute approximate surface area is 121 Å². The van der Waals surface area contributed by atoms with Crippen LogP contribution in [0, 0.1) is 0 Å². The predicted octanol–water partition coefficient (Wildman–Crippen LogP) is 2.07. The summed E-state index contributed by atoms with van der Waals surface area (Å²) in [5, 5.41) is 9.11. The van der Waals surface area contributed by atoms with Gasteiger partial charge in [-0.2, -0.15) is 11.8 Å². The summed E-state index contributed by atoms with van der Waals surface area (Å²) in [7, 11) is 0. The van der Waals surface area contributed by atoms with Crippen molar-refractivity contribution in [3.8, 4) is 0 Å². The monoisotopic (exact) mass is 301 g/mol. The predicted molar refractivity (Wildman–Crippen MR) is 76.3 cm³/mol. The summed E-state index contributed by atoms with van der Waals surface area (Å²) in [5.41, 5.74) is 5.59. The van der Waals surface area contributed by atoms with Crippen molar-refractivity contribution in [2.75, 3.05) is 18.1 Å². The molecule has 19 heavy (non-hydrogen) atoms. The molecule has 1 aromatic rings. The number of hydrogen-bond donors (Lipinski definition) is 1. The van der Waals surface area contributed by atoms with Gasteiger partial charge in [0.05, 0.1) is 12.1 Å². The molecule has 5 nitrogen and oxygen atoms in total. The number of ether oxygens (including phenoxy) is 1. The summed E-state index contributed by atoms with van der Waals surface area (Å²) in [6.07, 6.45) is 4.50. The van der Waals surface area contributed by atoms with Crippen LogP contribution in [0.15, 0.2) is 9.64 Å². The molecule has 2 aliphatic heterocycles. The first-order chi connectivity index (χ1) is 9.30. The number of aromatic nitrogens is 2. The molecule has 3 heterocycles. The minimum absolute atomic E-state index is 0.109. The van der Waals surface area contributed by atoms with Crippen molar-refractivity contribution in [2.45, 2.75) is 48.3 Å². The highest BCUT2D eigenvalue weighted by atomic mass is 32.2. The molecular weight excluding hydrogens is 282 g/mol. The topological polar surface area (TPSA) is 74.2 Å². The van der Waals surface area contributed by atoms with E-state index in [0.29, 0.717) is 22.9 Å². The average molecular weight is 301 g/mol. The number of hydrogen-bond acceptors (Lipinski definition) is 7. The fourth-order valence-corrected chi connectivity index (χ4v) is 5.04. The highest BCUT2D eigenvalue weighted by molar-refractivity contribution is 7.99. The van der Waals surface area contributed by atoms with Crippen molar-refractivity contribution in [1.82, 2.24) is 10.2 Å². The molecule has 0 radical (unpaired) electrons. The zero-order valence-electron chi connectivity index (χ0n) is 10.8. The van der Waals surface area contributed by atoms with Crippen LogP contribution in [-0.4, -0.2) is 39.2 Å². The Kier molecular flexibility index (Phi) is 4.36. The Bertz CT molecular complexity index is 415. The van der Waals surface area contributed by atoms with Crippen LogP contribution in [0.4, 0.5) is 0 Å². The van der Waals surface area contributed by atoms with Crippen molar-refractivity contribution in [3.63, 3.8) is 0 Å². The van der Waals surface area contributed by atoms with E-state index in [1.54, 1.807) is 11.8 Å². The lowest BCUT2D eigenvalue weighted by atomic mass is 9.88. The van der Waals surface area contributed by atoms with Gasteiger partial charge in [0.2, 0.25) is 5.89 Å². The zero-order chi connectivity index (χ0) is 13.1. The van der Waals surface area contributed by atoms with E-state index in [4.69, 9.17) is 14.9 Å². The second-order valence-electron chi connectivity index (χ2n) is 5.04. The van der Waals surface area contributed by atoms with E-state index in [1.165, 1.54) is 24.3 Å². The Morgan fingerprint density at radius 1 is 1.37 bits per heavy atom. The fourth-order valence-electron chi connectivity index (χ4n) is 2.69. The molecule has 7 heteroatoms. The van der Waals surface area contributed by atoms with Crippen LogP contribution >= 0.6 is 23.5 Å². The van der Waals surface area contributed by atoms with Crippen molar-refractivity contribution in [1.29, 1.82) is 0 Å². The van der Waals surface area contributed by atoms with Gasteiger partial charge in [0.1, 0.15) is 0 Å². The van der Waals surface area contributed by atoms with Crippen molar-refractivity contribution in [3.05, 3.63) is 5.89 Å². The maximum Gasteiger partial charge on any atom is 0.276 e. The van der Waals surface area contributed by atoms with Crippen molar-refractivity contribution in [2.24, 2.45) is 5.73 Å². The van der Waals surface area contributed by atoms with E-state index < -0.39 is 0 Å². The van der Waals surface area contributed by atoms with Gasteiger partial charge in [-0.25, -0.2) is 0 Å². The molecule has 0 saturated carbocycles. The second-order valence-corrected chi connectivity index (χ2v) is 7.52. The Morgan fingerprint density at radius 2 is 2.21 bits per heavy atom. The van der Waals surface area contributed by atoms with Crippen LogP contribution in [0.25, 0.3) is 0 Å². The molecule has 0 amide bonds. The molecule has 1 aromatic heterocycles. The zero-order valence-corrected chi connectivity index (χ0v) is 12.5. The molecule has 106 valence electrons. The van der Waals surface area contributed by atoms with Crippen LogP contribution < -0.4 is 5.73 Å². The number of rotatable bonds is 3. The second kappa shape index (κ2) is 6.03. The first-order valence-corrected chi connectivity index (χ1v) is 8.74. The third-order valence-electron chi connectivity index (χ3n) is 3.74. The van der Waals surface area contributed by atoms with Gasteiger partial charge >= 0.3 is 0 Å². The Morgan fingerprint density at radius 3 is 2.95 bits per heavy atom. The van der Waals surface area contributed by atoms with Gasteiger partial charge in [-0.3, -0.25) is 0 Å². The first-order valence-electron chi connectivity index (χ1n) is 6.70. The third kappa shape index (κ3) is 3.26. The fraction of sp³-hybridized carbons (Fsp3) is 0.833. The molecular formula is C12H19N3O2S2. The highest BCUT2D eigenvalue weighted by Gasteiger charge is 2.39. The quantitative estimate of drug-likeness (QED) is 0.916. The smallest absolute Gasteiger partial charge is 0.276 e. The summed E-state index contributed by atoms with van der Waals surface area (Å²) in [4.78, 5) is 0. The summed E-state index contributed by atoms with van der Waals surface area (Å²) < 4.78 is 11.6. The van der Waals surface area contributed by atoms with Gasteiger partial charge in [0, 0.05) is 11.9 Å². The molecule has 1 spiro atoms. The van der Waals surface area contributed by atoms with Gasteiger partial charge in [-0.15, -0.1) is 10.2 Å². The van der Waals surface area contributed by atoms with E-state index in [2.05, 4.69) is 10.2 Å². The number of nitrogens with two attached hydrogens (primary N) is 1. The van der Waals surface area contributed by atoms with Gasteiger partial charge in [0.15, 0.2) is 0 Å². The maximum atomic E-state index is 6.09. The van der Waals surface area contributed by atoms with E-state index in [1.807, 2.05) is 11.8 Å². The average Bonchev–Trinajstić information content (AvgIpc) is 2.87. The summed E-state index contributed by atoms with van der Waals surface area (Å²) >= 11 is 3.72. The molecule has 1 unspecified atom stereocenters. The van der Waals surface area contributed by atoms with Crippen LogP contribution in [0.2, 0.25) is 0 Å². The molecule has 0 aromatic carbocycles. The van der Waals surface area contributed by atoms with Gasteiger partial charge in [0.25, 0.3) is 5.22 Å². The lowest BCUT2D eigenvalue weighted by Crippen LogP contribution is -2.43. The van der Waals surface area contributed by atoms with Gasteiger partial charge in [-0.05, 0) is 37.2 Å². The van der Waals surface area contributed by atoms with E-state index in [-0.39, 0.29) is 5.60 Å². The summed E-state index contributed by atoms with van der Waals surface area (Å²) in [6.45, 7) is 1.16. The lowest BCUT2D eigenvalue weighted by Gasteiger charge is -2.42. The number of thioether (sulfide) groups is 2. The van der Waals surface area contributed by atoms with Crippen LogP contribution in [0.3, 0.4) is 0 Å². The minimum atomic E-state index is 0.109. The maximum absolute atomic E-state index is 6.09. The molecule has 2 N–H and O–H groups in total. The molecule has 2 fully saturated rings. The normalized spacial score (nSPS) is 26.7. The highest BCUT2D eigenvalue weighted by Crippen LogP contribution is 2.42. The van der Waals surface area contributed by atoms with E-state index in [0.717, 1.165) is 19.4 Å². The molecule has 1 atom stereocenters. The Balaban J connectivity index is 1.61. The molecule has 2 aliphatic rings. The largest absolute Gasteiger partial charge is 0.415 e. The van der Waals surface area contributed by atoms with Crippen molar-refractivity contribution >= 4 is 23.5 Å². The molecule has 0 bridgehead atoms. The van der Waals surface area contributed by atoms with Crippen LogP contribution in [0.1, 0.15) is 31.6 Å². The standard InChI is InChI=1S/C12H19N3O2S2/c13-8-10-14-15-11(17-10)19-9-1-4-16-12(7-9)2-5-18-6-3-12/h9H,1-8,13H2. The van der Waals surface area contributed by atoms with Crippen LogP contribution in [-0.2, 0) is 11.3 Å². The van der Waals surface area contributed by atoms with E-state index in [9.17, 15) is 0 Å². The molecule has 2 saturated heterocycles. The lowest BCUT2D eigenvalue weighted by molar-refractivity contribution is -0.0805. The third-order valence-corrected chi connectivity index (χ3v) is 5.83. The van der Waals surface area contributed by atoms with Crippen LogP contribution in [0.5, 0.6) is 0 Å². The minimum Gasteiger partial charge on any atom is -0.415 e. The molecule has 3 rings (SSSR count). The summed E-state index contributed by atoms with van der Waals surface area (Å²) in [6, 6.07) is 0. The number of nitrogens with zero attached hydrogens (tertiary/aromatic N) is 2.